The van der Waals surface area contributed by atoms with Crippen LogP contribution in [0.4, 0.5) is 5.69 Å². The summed E-state index contributed by atoms with van der Waals surface area (Å²) in [6.45, 7) is 1.57. The summed E-state index contributed by atoms with van der Waals surface area (Å²) in [7, 11) is -1.77. The van der Waals surface area contributed by atoms with Crippen molar-refractivity contribution in [2.45, 2.75) is 32.3 Å². The van der Waals surface area contributed by atoms with Crippen molar-refractivity contribution < 1.29 is 39.7 Å². The molecule has 0 bridgehead atoms. The van der Waals surface area contributed by atoms with Gasteiger partial charge in [0.15, 0.2) is 0 Å². The molecule has 0 aromatic heterocycles. The van der Waals surface area contributed by atoms with E-state index in [2.05, 4.69) is 0 Å². The minimum absolute atomic E-state index is 0.0755. The Kier molecular flexibility index (Phi) is 9.66. The lowest BCUT2D eigenvalue weighted by Gasteiger charge is -2.36. The zero-order chi connectivity index (χ0) is 31.4. The molecule has 1 saturated heterocycles. The van der Waals surface area contributed by atoms with Gasteiger partial charge in [0.05, 0.1) is 30.2 Å². The maximum absolute atomic E-state index is 13.9. The third-order valence-corrected chi connectivity index (χ3v) is 8.44. The van der Waals surface area contributed by atoms with Gasteiger partial charge in [0.1, 0.15) is 18.1 Å². The topological polar surface area (TPSA) is 148 Å². The normalized spacial score (nSPS) is 21.0. The zero-order valence-electron chi connectivity index (χ0n) is 24.4. The van der Waals surface area contributed by atoms with Gasteiger partial charge in [-0.15, -0.1) is 0 Å². The first-order valence-electron chi connectivity index (χ1n) is 14.7. The number of ether oxygens (including phenoxy) is 1. The average Bonchev–Trinajstić information content (AvgIpc) is 3.28. The fourth-order valence-corrected chi connectivity index (χ4v) is 6.31. The molecule has 1 aliphatic heterocycles. The van der Waals surface area contributed by atoms with Crippen LogP contribution in [0.3, 0.4) is 0 Å². The average molecular weight is 597 g/mol. The number of carbonyl (C=O) groups excluding carboxylic acids is 2. The van der Waals surface area contributed by atoms with Crippen molar-refractivity contribution in [1.29, 1.82) is 0 Å². The number of benzene rings is 3. The van der Waals surface area contributed by atoms with E-state index in [4.69, 9.17) is 4.74 Å². The number of hydrogen-bond donors (Lipinski definition) is 5. The number of imide groups is 1. The summed E-state index contributed by atoms with van der Waals surface area (Å²) in [6, 6.07) is 21.9. The monoisotopic (exact) mass is 597 g/mol. The van der Waals surface area contributed by atoms with Gasteiger partial charge < -0.3 is 30.1 Å². The number of phenolic OH excluding ortho intramolecular Hbond substituents is 1. The van der Waals surface area contributed by atoms with E-state index < -0.39 is 49.4 Å². The highest BCUT2D eigenvalue weighted by molar-refractivity contribution is 6.58. The SMILES string of the molecule is C/C(=C\c1ccc(O)cc1)CC[C@@H](O)C1=C(COc2ccccc2)C[C@H]2C(=O)N(c3cccc(B(O)O)c3)C(=O)[C@H]2[C@H]1CO. The molecule has 4 atom stereocenters. The number of allylic oxidation sites excluding steroid dienone is 1. The molecule has 228 valence electrons. The lowest BCUT2D eigenvalue weighted by atomic mass is 9.68. The van der Waals surface area contributed by atoms with E-state index in [9.17, 15) is 35.0 Å². The molecule has 1 fully saturated rings. The Morgan fingerprint density at radius 2 is 1.75 bits per heavy atom. The lowest BCUT2D eigenvalue weighted by molar-refractivity contribution is -0.123. The molecule has 0 saturated carbocycles. The fourth-order valence-electron chi connectivity index (χ4n) is 6.31. The van der Waals surface area contributed by atoms with Crippen molar-refractivity contribution >= 4 is 36.2 Å². The molecule has 1 heterocycles. The Balaban J connectivity index is 1.44. The van der Waals surface area contributed by atoms with Crippen LogP contribution in [0, 0.1) is 17.8 Å². The molecular formula is C34H36BNO8. The van der Waals surface area contributed by atoms with Gasteiger partial charge in [0, 0.05) is 5.92 Å². The van der Waals surface area contributed by atoms with Crippen LogP contribution in [0.25, 0.3) is 6.08 Å². The molecule has 5 rings (SSSR count). The van der Waals surface area contributed by atoms with Crippen molar-refractivity contribution in [2.24, 2.45) is 17.8 Å². The van der Waals surface area contributed by atoms with E-state index in [1.54, 1.807) is 42.5 Å². The molecule has 10 heteroatoms. The molecule has 3 aromatic carbocycles. The van der Waals surface area contributed by atoms with Gasteiger partial charge in [-0.25, -0.2) is 0 Å². The Bertz CT molecular complexity index is 1550. The second-order valence-corrected chi connectivity index (χ2v) is 11.4. The van der Waals surface area contributed by atoms with Gasteiger partial charge >= 0.3 is 7.12 Å². The van der Waals surface area contributed by atoms with Crippen molar-refractivity contribution in [3.05, 3.63) is 101 Å². The van der Waals surface area contributed by atoms with Crippen LogP contribution >= 0.6 is 0 Å². The van der Waals surface area contributed by atoms with Crippen molar-refractivity contribution in [3.63, 3.8) is 0 Å². The Morgan fingerprint density at radius 3 is 2.43 bits per heavy atom. The number of rotatable bonds is 11. The summed E-state index contributed by atoms with van der Waals surface area (Å²) < 4.78 is 6.05. The van der Waals surface area contributed by atoms with Crippen molar-refractivity contribution in [1.82, 2.24) is 0 Å². The first-order chi connectivity index (χ1) is 21.2. The summed E-state index contributed by atoms with van der Waals surface area (Å²) in [5.74, 6) is -2.64. The van der Waals surface area contributed by atoms with Gasteiger partial charge in [-0.2, -0.15) is 0 Å². The first kappa shape index (κ1) is 31.2. The summed E-state index contributed by atoms with van der Waals surface area (Å²) in [5.41, 5.74) is 3.45. The Hall–Kier alpha value is -4.22. The number of aliphatic hydroxyl groups excluding tert-OH is 2. The number of carbonyl (C=O) groups is 2. The highest BCUT2D eigenvalue weighted by Gasteiger charge is 2.55. The molecule has 0 radical (unpaired) electrons. The zero-order valence-corrected chi connectivity index (χ0v) is 24.4. The number of anilines is 1. The number of hydrogen-bond acceptors (Lipinski definition) is 8. The van der Waals surface area contributed by atoms with Crippen molar-refractivity contribution in [2.75, 3.05) is 18.1 Å². The molecule has 5 N–H and O–H groups in total. The molecule has 3 aromatic rings. The molecule has 44 heavy (non-hydrogen) atoms. The summed E-state index contributed by atoms with van der Waals surface area (Å²) in [6.07, 6.45) is 1.98. The molecular weight excluding hydrogens is 561 g/mol. The van der Waals surface area contributed by atoms with Crippen molar-refractivity contribution in [3.8, 4) is 11.5 Å². The fraction of sp³-hybridized carbons (Fsp3) is 0.294. The molecule has 0 spiro atoms. The van der Waals surface area contributed by atoms with E-state index in [-0.39, 0.29) is 29.9 Å². The Morgan fingerprint density at radius 1 is 1.02 bits per heavy atom. The number of nitrogens with zero attached hydrogens (tertiary/aromatic N) is 1. The first-order valence-corrected chi connectivity index (χ1v) is 14.7. The minimum atomic E-state index is -1.77. The molecule has 0 unspecified atom stereocenters. The smallest absolute Gasteiger partial charge is 0.488 e. The molecule has 9 nitrogen and oxygen atoms in total. The van der Waals surface area contributed by atoms with E-state index in [0.717, 1.165) is 16.0 Å². The highest BCUT2D eigenvalue weighted by Crippen LogP contribution is 2.47. The predicted molar refractivity (Wildman–Crippen MR) is 167 cm³/mol. The minimum Gasteiger partial charge on any atom is -0.508 e. The van der Waals surface area contributed by atoms with Gasteiger partial charge in [-0.1, -0.05) is 54.1 Å². The van der Waals surface area contributed by atoms with E-state index in [0.29, 0.717) is 29.7 Å². The maximum atomic E-state index is 13.9. The van der Waals surface area contributed by atoms with Crippen LogP contribution in [0.15, 0.2) is 95.6 Å². The van der Waals surface area contributed by atoms with Gasteiger partial charge in [-0.3, -0.25) is 14.5 Å². The van der Waals surface area contributed by atoms with E-state index in [1.807, 2.05) is 31.2 Å². The Labute approximate surface area is 256 Å². The van der Waals surface area contributed by atoms with Crippen LogP contribution in [-0.2, 0) is 9.59 Å². The van der Waals surface area contributed by atoms with Crippen LogP contribution in [0.2, 0.25) is 0 Å². The number of aromatic hydroxyl groups is 1. The number of phenols is 1. The van der Waals surface area contributed by atoms with Crippen LogP contribution < -0.4 is 15.1 Å². The van der Waals surface area contributed by atoms with E-state index in [1.165, 1.54) is 18.2 Å². The quantitative estimate of drug-likeness (QED) is 0.129. The molecule has 1 aliphatic carbocycles. The van der Waals surface area contributed by atoms with Gasteiger partial charge in [-0.05, 0) is 84.8 Å². The predicted octanol–water partition coefficient (Wildman–Crippen LogP) is 2.81. The lowest BCUT2D eigenvalue weighted by Crippen LogP contribution is -2.40. The summed E-state index contributed by atoms with van der Waals surface area (Å²) in [5, 5.41) is 51.1. The summed E-state index contributed by atoms with van der Waals surface area (Å²) >= 11 is 0. The number of para-hydroxylation sites is 1. The second-order valence-electron chi connectivity index (χ2n) is 11.4. The van der Waals surface area contributed by atoms with Gasteiger partial charge in [0.25, 0.3) is 0 Å². The second kappa shape index (κ2) is 13.6. The number of aliphatic hydroxyl groups is 2. The molecule has 2 aliphatic rings. The van der Waals surface area contributed by atoms with Crippen LogP contribution in [0.1, 0.15) is 31.7 Å². The number of amides is 2. The largest absolute Gasteiger partial charge is 0.508 e. The van der Waals surface area contributed by atoms with Crippen LogP contribution in [0.5, 0.6) is 11.5 Å². The standard InChI is InChI=1S/C34H36BNO8/c1-21(16-22-11-13-26(38)14-12-22)10-15-30(39)31-23(20-44-27-8-3-2-4-9-27)17-28-32(29(31)19-37)34(41)36(33(28)40)25-7-5-6-24(18-25)35(42)43/h2-9,11-14,16,18,28-30,32,37-39,42-43H,10,15,17,19-20H2,1H3/b21-16+/t28-,29+,30-,32-/m1/s1. The van der Waals surface area contributed by atoms with Crippen LogP contribution in [-0.4, -0.2) is 63.6 Å². The molecule has 2 amide bonds. The maximum Gasteiger partial charge on any atom is 0.488 e. The summed E-state index contributed by atoms with van der Waals surface area (Å²) in [4.78, 5) is 28.7. The van der Waals surface area contributed by atoms with E-state index >= 15 is 0 Å². The number of fused-ring (bicyclic) bond motifs is 1. The van der Waals surface area contributed by atoms with Gasteiger partial charge in [0.2, 0.25) is 11.8 Å². The third kappa shape index (κ3) is 6.63. The highest BCUT2D eigenvalue weighted by atomic mass is 16.5. The third-order valence-electron chi connectivity index (χ3n) is 8.44.